The first kappa shape index (κ1) is 22.6. The van der Waals surface area contributed by atoms with Crippen molar-refractivity contribution < 1.29 is 23.8 Å². The Morgan fingerprint density at radius 3 is 2.52 bits per heavy atom. The molecule has 7 nitrogen and oxygen atoms in total. The minimum atomic E-state index is -0.409. The van der Waals surface area contributed by atoms with Gasteiger partial charge in [-0.1, -0.05) is 23.8 Å². The number of hydrogen-bond acceptors (Lipinski definition) is 6. The molecule has 2 atom stereocenters. The van der Waals surface area contributed by atoms with Crippen molar-refractivity contribution in [2.24, 2.45) is 0 Å². The van der Waals surface area contributed by atoms with E-state index in [-0.39, 0.29) is 17.9 Å². The minimum Gasteiger partial charge on any atom is -0.497 e. The van der Waals surface area contributed by atoms with E-state index in [0.717, 1.165) is 5.56 Å². The van der Waals surface area contributed by atoms with Gasteiger partial charge in [-0.05, 0) is 43.5 Å². The summed E-state index contributed by atoms with van der Waals surface area (Å²) in [5, 5.41) is 3.05. The summed E-state index contributed by atoms with van der Waals surface area (Å²) in [6.07, 6.45) is 0.488. The number of amides is 1. The van der Waals surface area contributed by atoms with Crippen LogP contribution in [-0.2, 0) is 16.1 Å². The predicted molar refractivity (Wildman–Crippen MR) is 118 cm³/mol. The van der Waals surface area contributed by atoms with Crippen molar-refractivity contribution in [2.45, 2.75) is 38.9 Å². The first-order chi connectivity index (χ1) is 14.9. The van der Waals surface area contributed by atoms with Gasteiger partial charge in [-0.25, -0.2) is 0 Å². The van der Waals surface area contributed by atoms with Crippen LogP contribution in [0, 0.1) is 13.8 Å². The van der Waals surface area contributed by atoms with Crippen molar-refractivity contribution in [3.05, 3.63) is 58.7 Å². The fourth-order valence-corrected chi connectivity index (χ4v) is 4.00. The van der Waals surface area contributed by atoms with Gasteiger partial charge < -0.3 is 19.5 Å². The van der Waals surface area contributed by atoms with Crippen LogP contribution in [-0.4, -0.2) is 56.7 Å². The molecule has 31 heavy (non-hydrogen) atoms. The molecule has 1 amide bonds. The van der Waals surface area contributed by atoms with E-state index in [9.17, 15) is 9.59 Å². The third kappa shape index (κ3) is 5.17. The summed E-state index contributed by atoms with van der Waals surface area (Å²) in [7, 11) is 4.47. The highest BCUT2D eigenvalue weighted by Gasteiger charge is 2.38. The molecule has 1 N–H and O–H groups in total. The number of hydrogen-bond donors (Lipinski definition) is 1. The summed E-state index contributed by atoms with van der Waals surface area (Å²) >= 11 is 0. The Balaban J connectivity index is 1.76. The van der Waals surface area contributed by atoms with Crippen LogP contribution >= 0.6 is 0 Å². The Morgan fingerprint density at radius 1 is 1.06 bits per heavy atom. The van der Waals surface area contributed by atoms with Crippen LogP contribution < -0.4 is 14.8 Å². The van der Waals surface area contributed by atoms with Gasteiger partial charge in [0.25, 0.3) is 5.91 Å². The van der Waals surface area contributed by atoms with Crippen molar-refractivity contribution in [3.8, 4) is 11.5 Å². The lowest BCUT2D eigenvalue weighted by Gasteiger charge is -2.23. The fraction of sp³-hybridized carbons (Fsp3) is 0.417. The van der Waals surface area contributed by atoms with Crippen molar-refractivity contribution in [1.29, 1.82) is 0 Å². The Morgan fingerprint density at radius 2 is 1.84 bits per heavy atom. The summed E-state index contributed by atoms with van der Waals surface area (Å²) in [6, 6.07) is 10.8. The molecule has 1 aliphatic heterocycles. The molecule has 1 saturated heterocycles. The van der Waals surface area contributed by atoms with Gasteiger partial charge in [-0.2, -0.15) is 0 Å². The predicted octanol–water partition coefficient (Wildman–Crippen LogP) is 2.87. The van der Waals surface area contributed by atoms with E-state index in [2.05, 4.69) is 42.3 Å². The summed E-state index contributed by atoms with van der Waals surface area (Å²) in [6.45, 7) is 5.28. The van der Waals surface area contributed by atoms with Gasteiger partial charge in [0.15, 0.2) is 0 Å². The van der Waals surface area contributed by atoms with E-state index in [4.69, 9.17) is 14.2 Å². The molecule has 2 aromatic rings. The van der Waals surface area contributed by atoms with Gasteiger partial charge in [0.05, 0.1) is 26.9 Å². The van der Waals surface area contributed by atoms with E-state index in [1.54, 1.807) is 25.3 Å². The smallest absolute Gasteiger partial charge is 0.323 e. The lowest BCUT2D eigenvalue weighted by molar-refractivity contribution is -0.146. The van der Waals surface area contributed by atoms with Crippen LogP contribution in [0.1, 0.15) is 33.5 Å². The third-order valence-corrected chi connectivity index (χ3v) is 5.74. The number of aryl methyl sites for hydroxylation is 2. The van der Waals surface area contributed by atoms with E-state index in [1.165, 1.54) is 25.3 Å². The second kappa shape index (κ2) is 9.83. The highest BCUT2D eigenvalue weighted by atomic mass is 16.5. The van der Waals surface area contributed by atoms with Gasteiger partial charge in [0, 0.05) is 25.2 Å². The summed E-state index contributed by atoms with van der Waals surface area (Å²) in [5.74, 6) is 0.511. The summed E-state index contributed by atoms with van der Waals surface area (Å²) in [4.78, 5) is 27.4. The first-order valence-electron chi connectivity index (χ1n) is 10.3. The number of rotatable bonds is 7. The number of nitrogens with one attached hydrogen (secondary N) is 1. The van der Waals surface area contributed by atoms with Crippen molar-refractivity contribution >= 4 is 11.9 Å². The molecule has 1 fully saturated rings. The molecule has 2 aromatic carbocycles. The Hall–Kier alpha value is -3.06. The Kier molecular flexibility index (Phi) is 7.17. The molecule has 0 bridgehead atoms. The number of esters is 1. The quantitative estimate of drug-likeness (QED) is 0.686. The van der Waals surface area contributed by atoms with Crippen LogP contribution in [0.2, 0.25) is 0 Å². The molecule has 7 heteroatoms. The molecule has 0 unspecified atom stereocenters. The number of carbonyl (C=O) groups excluding carboxylic acids is 2. The van der Waals surface area contributed by atoms with Gasteiger partial charge in [-0.3, -0.25) is 14.5 Å². The van der Waals surface area contributed by atoms with E-state index >= 15 is 0 Å². The van der Waals surface area contributed by atoms with Crippen molar-refractivity contribution in [2.75, 3.05) is 27.9 Å². The summed E-state index contributed by atoms with van der Waals surface area (Å²) in [5.41, 5.74) is 3.93. The zero-order chi connectivity index (χ0) is 22.5. The van der Waals surface area contributed by atoms with Crippen molar-refractivity contribution in [1.82, 2.24) is 10.2 Å². The molecule has 3 rings (SSSR count). The number of benzene rings is 2. The maximum Gasteiger partial charge on any atom is 0.323 e. The topological polar surface area (TPSA) is 77.1 Å². The van der Waals surface area contributed by atoms with Crippen LogP contribution in [0.3, 0.4) is 0 Å². The number of carbonyl (C=O) groups is 2. The largest absolute Gasteiger partial charge is 0.497 e. The third-order valence-electron chi connectivity index (χ3n) is 5.74. The lowest BCUT2D eigenvalue weighted by Crippen LogP contribution is -2.38. The fourth-order valence-electron chi connectivity index (χ4n) is 4.00. The molecular formula is C24H30N2O5. The first-order valence-corrected chi connectivity index (χ1v) is 10.3. The van der Waals surface area contributed by atoms with Gasteiger partial charge in [-0.15, -0.1) is 0 Å². The second-order valence-corrected chi connectivity index (χ2v) is 7.87. The summed E-state index contributed by atoms with van der Waals surface area (Å²) < 4.78 is 15.6. The van der Waals surface area contributed by atoms with Gasteiger partial charge in [0.2, 0.25) is 0 Å². The molecule has 166 valence electrons. The monoisotopic (exact) mass is 426 g/mol. The zero-order valence-corrected chi connectivity index (χ0v) is 18.7. The lowest BCUT2D eigenvalue weighted by atomic mass is 10.0. The average molecular weight is 427 g/mol. The van der Waals surface area contributed by atoms with E-state index in [0.29, 0.717) is 36.6 Å². The number of nitrogens with zero attached hydrogens (tertiary/aromatic N) is 1. The molecule has 1 heterocycles. The highest BCUT2D eigenvalue weighted by molar-refractivity contribution is 5.97. The van der Waals surface area contributed by atoms with Crippen LogP contribution in [0.15, 0.2) is 36.4 Å². The van der Waals surface area contributed by atoms with E-state index in [1.807, 2.05) is 0 Å². The standard InChI is InChI=1S/C24H30N2O5/c1-15-6-7-16(2)17(10-15)13-26-14-18(11-21(26)24(28)31-5)25-23(27)20-9-8-19(29-3)12-22(20)30-4/h6-10,12,18,21H,11,13-14H2,1-5H3,(H,25,27)/t18-,21-/m0/s1. The van der Waals surface area contributed by atoms with E-state index < -0.39 is 6.04 Å². The second-order valence-electron chi connectivity index (χ2n) is 7.87. The maximum absolute atomic E-state index is 12.9. The Labute approximate surface area is 183 Å². The molecule has 0 spiro atoms. The SMILES string of the molecule is COC(=O)[C@@H]1C[C@H](NC(=O)c2ccc(OC)cc2OC)CN1Cc1cc(C)ccc1C. The zero-order valence-electron chi connectivity index (χ0n) is 18.7. The van der Waals surface area contributed by atoms with Crippen LogP contribution in [0.5, 0.6) is 11.5 Å². The molecule has 0 aromatic heterocycles. The average Bonchev–Trinajstić information content (AvgIpc) is 3.17. The molecule has 0 aliphatic carbocycles. The number of ether oxygens (including phenoxy) is 3. The number of methoxy groups -OCH3 is 3. The molecule has 0 radical (unpaired) electrons. The number of likely N-dealkylation sites (tertiary alicyclic amines) is 1. The minimum absolute atomic E-state index is 0.187. The highest BCUT2D eigenvalue weighted by Crippen LogP contribution is 2.27. The van der Waals surface area contributed by atoms with Gasteiger partial charge in [0.1, 0.15) is 17.5 Å². The Bertz CT molecular complexity index is 959. The molecular weight excluding hydrogens is 396 g/mol. The van der Waals surface area contributed by atoms with Crippen LogP contribution in [0.4, 0.5) is 0 Å². The van der Waals surface area contributed by atoms with Crippen molar-refractivity contribution in [3.63, 3.8) is 0 Å². The van der Waals surface area contributed by atoms with Gasteiger partial charge >= 0.3 is 5.97 Å². The van der Waals surface area contributed by atoms with Crippen LogP contribution in [0.25, 0.3) is 0 Å². The molecule has 1 aliphatic rings. The molecule has 0 saturated carbocycles. The normalized spacial score (nSPS) is 18.5. The maximum atomic E-state index is 12.9.